The molecule has 0 saturated carbocycles. The topological polar surface area (TPSA) is 46.5 Å². The lowest BCUT2D eigenvalue weighted by Crippen LogP contribution is -2.09. The molecule has 0 aliphatic heterocycles. The third-order valence-corrected chi connectivity index (χ3v) is 0.540. The van der Waals surface area contributed by atoms with Gasteiger partial charge in [0.05, 0.1) is 6.61 Å². The van der Waals surface area contributed by atoms with Crippen LogP contribution in [0.4, 0.5) is 0 Å². The van der Waals surface area contributed by atoms with E-state index >= 15 is 0 Å². The van der Waals surface area contributed by atoms with Gasteiger partial charge < -0.3 is 9.84 Å². The molecule has 1 N–H and O–H groups in total. The van der Waals surface area contributed by atoms with Crippen LogP contribution in [0, 0.1) is 6.42 Å². The van der Waals surface area contributed by atoms with E-state index in [1.807, 2.05) is 0 Å². The number of aliphatic hydroxyl groups is 1. The lowest BCUT2D eigenvalue weighted by molar-refractivity contribution is -0.145. The lowest BCUT2D eigenvalue weighted by atomic mass is 10.5. The molecule has 0 aliphatic carbocycles. The third-order valence-electron chi connectivity index (χ3n) is 0.540. The maximum absolute atomic E-state index is 10.1. The third kappa shape index (κ3) is 3.61. The molecular weight excluding hydrogens is 108 g/mol. The Labute approximate surface area is 48.3 Å². The molecule has 0 aliphatic rings. The number of hydrogen-bond acceptors (Lipinski definition) is 3. The minimum Gasteiger partial charge on any atom is -0.464 e. The van der Waals surface area contributed by atoms with Gasteiger partial charge in [-0.15, -0.1) is 0 Å². The Balaban J connectivity index is 2.99. The van der Waals surface area contributed by atoms with E-state index in [0.717, 1.165) is 0 Å². The van der Waals surface area contributed by atoms with Crippen molar-refractivity contribution in [2.75, 3.05) is 13.2 Å². The molecule has 47 valence electrons. The zero-order valence-electron chi connectivity index (χ0n) is 4.76. The molecule has 0 aromatic carbocycles. The zero-order chi connectivity index (χ0) is 6.41. The molecule has 0 unspecified atom stereocenters. The summed E-state index contributed by atoms with van der Waals surface area (Å²) in [6.45, 7) is 1.51. The van der Waals surface area contributed by atoms with Gasteiger partial charge >= 0.3 is 5.97 Å². The monoisotopic (exact) mass is 117 g/mol. The Morgan fingerprint density at radius 3 is 2.88 bits per heavy atom. The molecule has 0 amide bonds. The van der Waals surface area contributed by atoms with Crippen molar-refractivity contribution in [1.82, 2.24) is 0 Å². The van der Waals surface area contributed by atoms with Crippen LogP contribution in [-0.2, 0) is 9.53 Å². The number of ether oxygens (including phenoxy) is 1. The fraction of sp³-hybridized carbons (Fsp3) is 0.600. The summed E-state index contributed by atoms with van der Waals surface area (Å²) < 4.78 is 4.40. The van der Waals surface area contributed by atoms with Gasteiger partial charge in [-0.25, -0.2) is 4.79 Å². The summed E-state index contributed by atoms with van der Waals surface area (Å²) in [6, 6.07) is 0. The summed E-state index contributed by atoms with van der Waals surface area (Å²) >= 11 is 0. The van der Waals surface area contributed by atoms with E-state index in [1.54, 1.807) is 13.3 Å². The SMILES string of the molecule is C[CH]COC(=O)CO. The molecule has 8 heavy (non-hydrogen) atoms. The van der Waals surface area contributed by atoms with Crippen molar-refractivity contribution in [1.29, 1.82) is 0 Å². The first-order valence-corrected chi connectivity index (χ1v) is 2.35. The van der Waals surface area contributed by atoms with Gasteiger partial charge in [0.15, 0.2) is 0 Å². The Kier molecular flexibility index (Phi) is 4.26. The normalized spacial score (nSPS) is 8.75. The predicted molar refractivity (Wildman–Crippen MR) is 28.0 cm³/mol. The first-order chi connectivity index (χ1) is 3.81. The first kappa shape index (κ1) is 7.43. The summed E-state index contributed by atoms with van der Waals surface area (Å²) in [7, 11) is 0. The summed E-state index contributed by atoms with van der Waals surface area (Å²) in [6.07, 6.45) is 1.69. The van der Waals surface area contributed by atoms with E-state index in [-0.39, 0.29) is 6.61 Å². The van der Waals surface area contributed by atoms with Crippen molar-refractivity contribution < 1.29 is 14.6 Å². The van der Waals surface area contributed by atoms with Gasteiger partial charge in [0.2, 0.25) is 0 Å². The van der Waals surface area contributed by atoms with Crippen LogP contribution >= 0.6 is 0 Å². The van der Waals surface area contributed by atoms with E-state index in [4.69, 9.17) is 5.11 Å². The molecule has 0 fully saturated rings. The van der Waals surface area contributed by atoms with Gasteiger partial charge in [0.25, 0.3) is 0 Å². The van der Waals surface area contributed by atoms with E-state index in [1.165, 1.54) is 0 Å². The van der Waals surface area contributed by atoms with E-state index in [0.29, 0.717) is 0 Å². The van der Waals surface area contributed by atoms with Crippen molar-refractivity contribution in [3.63, 3.8) is 0 Å². The molecule has 0 bridgehead atoms. The molecule has 0 aromatic heterocycles. The Morgan fingerprint density at radius 1 is 1.88 bits per heavy atom. The number of carbonyl (C=O) groups is 1. The van der Waals surface area contributed by atoms with Crippen LogP contribution in [0.2, 0.25) is 0 Å². The van der Waals surface area contributed by atoms with E-state index in [9.17, 15) is 4.79 Å². The first-order valence-electron chi connectivity index (χ1n) is 2.35. The number of aliphatic hydroxyl groups excluding tert-OH is 1. The largest absolute Gasteiger partial charge is 0.464 e. The Morgan fingerprint density at radius 2 is 2.50 bits per heavy atom. The molecule has 0 saturated heterocycles. The predicted octanol–water partition coefficient (Wildman–Crippen LogP) is -0.254. The van der Waals surface area contributed by atoms with Crippen LogP contribution in [0.3, 0.4) is 0 Å². The highest BCUT2D eigenvalue weighted by molar-refractivity contribution is 5.70. The van der Waals surface area contributed by atoms with Gasteiger partial charge in [-0.1, -0.05) is 6.92 Å². The maximum Gasteiger partial charge on any atom is 0.331 e. The molecular formula is C5H9O3. The lowest BCUT2D eigenvalue weighted by Gasteiger charge is -1.96. The van der Waals surface area contributed by atoms with Gasteiger partial charge in [-0.2, -0.15) is 0 Å². The maximum atomic E-state index is 10.1. The van der Waals surface area contributed by atoms with Crippen LogP contribution in [0.5, 0.6) is 0 Å². The molecule has 0 rings (SSSR count). The van der Waals surface area contributed by atoms with E-state index < -0.39 is 12.6 Å². The summed E-state index contributed by atoms with van der Waals surface area (Å²) in [5, 5.41) is 8.07. The quantitative estimate of drug-likeness (QED) is 0.518. The zero-order valence-corrected chi connectivity index (χ0v) is 4.76. The van der Waals surface area contributed by atoms with Gasteiger partial charge in [0, 0.05) is 0 Å². The van der Waals surface area contributed by atoms with Crippen molar-refractivity contribution >= 4 is 5.97 Å². The fourth-order valence-electron chi connectivity index (χ4n) is 0.222. The second kappa shape index (κ2) is 4.59. The van der Waals surface area contributed by atoms with Crippen LogP contribution < -0.4 is 0 Å². The highest BCUT2D eigenvalue weighted by atomic mass is 16.5. The van der Waals surface area contributed by atoms with Crippen LogP contribution in [0.25, 0.3) is 0 Å². The fourth-order valence-corrected chi connectivity index (χ4v) is 0.222. The smallest absolute Gasteiger partial charge is 0.331 e. The summed E-state index contributed by atoms with van der Waals surface area (Å²) in [5.74, 6) is -0.580. The molecule has 0 heterocycles. The van der Waals surface area contributed by atoms with Crippen molar-refractivity contribution in [2.45, 2.75) is 6.92 Å². The number of esters is 1. The molecule has 0 aromatic rings. The van der Waals surface area contributed by atoms with Crippen LogP contribution in [-0.4, -0.2) is 24.3 Å². The standard InChI is InChI=1S/C5H9O3/c1-2-3-8-5(7)4-6/h2,6H,3-4H2,1H3. The Bertz CT molecular complexity index is 70.1. The van der Waals surface area contributed by atoms with Crippen LogP contribution in [0.1, 0.15) is 6.92 Å². The number of carbonyl (C=O) groups excluding carboxylic acids is 1. The van der Waals surface area contributed by atoms with Crippen LogP contribution in [0.15, 0.2) is 0 Å². The van der Waals surface area contributed by atoms with Gasteiger partial charge in [-0.05, 0) is 6.42 Å². The van der Waals surface area contributed by atoms with Gasteiger partial charge in [-0.3, -0.25) is 0 Å². The van der Waals surface area contributed by atoms with Crippen molar-refractivity contribution in [3.8, 4) is 0 Å². The Hall–Kier alpha value is -0.570. The highest BCUT2D eigenvalue weighted by Gasteiger charge is 1.94. The molecule has 3 heteroatoms. The molecule has 0 spiro atoms. The summed E-state index contributed by atoms with van der Waals surface area (Å²) in [5.41, 5.74) is 0. The minimum absolute atomic E-state index is 0.277. The molecule has 1 radical (unpaired) electrons. The second-order valence-corrected chi connectivity index (χ2v) is 1.25. The molecule has 3 nitrogen and oxygen atoms in total. The molecule has 0 atom stereocenters. The van der Waals surface area contributed by atoms with E-state index in [2.05, 4.69) is 4.74 Å². The average molecular weight is 117 g/mol. The minimum atomic E-state index is -0.580. The highest BCUT2D eigenvalue weighted by Crippen LogP contribution is 1.78. The second-order valence-electron chi connectivity index (χ2n) is 1.25. The van der Waals surface area contributed by atoms with Crippen molar-refractivity contribution in [3.05, 3.63) is 6.42 Å². The average Bonchev–Trinajstić information content (AvgIpc) is 1.83. The number of rotatable bonds is 3. The van der Waals surface area contributed by atoms with Gasteiger partial charge in [0.1, 0.15) is 6.61 Å². The summed E-state index contributed by atoms with van der Waals surface area (Å²) in [4.78, 5) is 10.1. The van der Waals surface area contributed by atoms with Crippen molar-refractivity contribution in [2.24, 2.45) is 0 Å². The number of hydrogen-bond donors (Lipinski definition) is 1.